The summed E-state index contributed by atoms with van der Waals surface area (Å²) in [6.07, 6.45) is -3.44. The molecule has 120 valence electrons. The molecule has 1 aliphatic rings. The number of rotatable bonds is 5. The molecule has 2 atom stereocenters. The van der Waals surface area contributed by atoms with Gasteiger partial charge in [-0.3, -0.25) is 4.79 Å². The first-order valence-electron chi connectivity index (χ1n) is 6.59. The summed E-state index contributed by atoms with van der Waals surface area (Å²) < 4.78 is 30.1. The second kappa shape index (κ2) is 6.91. The number of benzene rings is 1. The molecule has 1 aromatic carbocycles. The molecule has 2 N–H and O–H groups in total. The molecule has 0 saturated carbocycles. The molecule has 1 heterocycles. The Morgan fingerprint density at radius 2 is 2.18 bits per heavy atom. The van der Waals surface area contributed by atoms with E-state index in [1.54, 1.807) is 18.2 Å². The number of aliphatic carboxylic acids is 1. The highest BCUT2D eigenvalue weighted by atomic mass is 35.5. The van der Waals surface area contributed by atoms with E-state index in [2.05, 4.69) is 5.32 Å². The predicted octanol–water partition coefficient (Wildman–Crippen LogP) is 2.12. The second-order valence-corrected chi connectivity index (χ2v) is 5.43. The maximum Gasteiger partial charge on any atom is 0.326 e. The minimum Gasteiger partial charge on any atom is -0.492 e. The van der Waals surface area contributed by atoms with Crippen LogP contribution in [0.2, 0.25) is 5.02 Å². The number of halogens is 3. The molecule has 8 heteroatoms. The van der Waals surface area contributed by atoms with Crippen LogP contribution in [0.1, 0.15) is 12.0 Å². The van der Waals surface area contributed by atoms with Gasteiger partial charge >= 0.3 is 5.97 Å². The summed E-state index contributed by atoms with van der Waals surface area (Å²) in [4.78, 5) is 23.0. The minimum absolute atomic E-state index is 0.0570. The van der Waals surface area contributed by atoms with Crippen molar-refractivity contribution in [2.75, 3.05) is 6.61 Å². The monoisotopic (exact) mass is 333 g/mol. The number of nitrogens with one attached hydrogen (secondary N) is 1. The fraction of sp³-hybridized carbons (Fsp3) is 0.429. The summed E-state index contributed by atoms with van der Waals surface area (Å²) in [5.74, 6) is -2.16. The molecule has 0 aliphatic carbocycles. The van der Waals surface area contributed by atoms with Crippen LogP contribution in [0.25, 0.3) is 0 Å². The molecule has 2 rings (SSSR count). The summed E-state index contributed by atoms with van der Waals surface area (Å²) in [6.45, 7) is 0.0570. The zero-order valence-corrected chi connectivity index (χ0v) is 12.1. The molecule has 1 aliphatic heterocycles. The summed E-state index contributed by atoms with van der Waals surface area (Å²) in [6, 6.07) is 3.38. The SMILES string of the molecule is O=C(NC(CC(F)F)C(=O)O)C1COc2ccc(Cl)cc2C1. The molecule has 1 aromatic rings. The lowest BCUT2D eigenvalue weighted by Crippen LogP contribution is -2.46. The van der Waals surface area contributed by atoms with Crippen molar-refractivity contribution in [2.45, 2.75) is 25.3 Å². The number of carbonyl (C=O) groups is 2. The molecular formula is C14H14ClF2NO4. The third-order valence-electron chi connectivity index (χ3n) is 3.33. The normalized spacial score (nSPS) is 18.3. The van der Waals surface area contributed by atoms with Crippen molar-refractivity contribution in [3.63, 3.8) is 0 Å². The fourth-order valence-electron chi connectivity index (χ4n) is 2.22. The number of amides is 1. The lowest BCUT2D eigenvalue weighted by Gasteiger charge is -2.26. The van der Waals surface area contributed by atoms with Gasteiger partial charge in [0.15, 0.2) is 0 Å². The van der Waals surface area contributed by atoms with Crippen LogP contribution in [-0.4, -0.2) is 36.1 Å². The molecule has 1 amide bonds. The van der Waals surface area contributed by atoms with Gasteiger partial charge in [-0.2, -0.15) is 0 Å². The van der Waals surface area contributed by atoms with E-state index in [4.69, 9.17) is 21.4 Å². The van der Waals surface area contributed by atoms with Crippen LogP contribution in [0.15, 0.2) is 18.2 Å². The molecule has 22 heavy (non-hydrogen) atoms. The summed E-state index contributed by atoms with van der Waals surface area (Å²) >= 11 is 5.87. The van der Waals surface area contributed by atoms with Gasteiger partial charge in [0, 0.05) is 11.4 Å². The van der Waals surface area contributed by atoms with Crippen molar-refractivity contribution in [1.29, 1.82) is 0 Å². The lowest BCUT2D eigenvalue weighted by atomic mass is 9.95. The maximum atomic E-state index is 12.3. The largest absolute Gasteiger partial charge is 0.492 e. The minimum atomic E-state index is -2.82. The number of hydrogen-bond donors (Lipinski definition) is 2. The molecule has 0 fully saturated rings. The lowest BCUT2D eigenvalue weighted by molar-refractivity contribution is -0.144. The standard InChI is InChI=1S/C14H14ClF2NO4/c15-9-1-2-11-7(4-9)3-8(6-22-11)13(19)18-10(14(20)21)5-12(16)17/h1-2,4,8,10,12H,3,5-6H2,(H,18,19)(H,20,21). The van der Waals surface area contributed by atoms with Crippen LogP contribution in [0.3, 0.4) is 0 Å². The van der Waals surface area contributed by atoms with Crippen molar-refractivity contribution >= 4 is 23.5 Å². The third kappa shape index (κ3) is 4.07. The third-order valence-corrected chi connectivity index (χ3v) is 3.56. The van der Waals surface area contributed by atoms with E-state index < -0.39 is 36.7 Å². The van der Waals surface area contributed by atoms with E-state index in [9.17, 15) is 18.4 Å². The molecule has 0 aromatic heterocycles. The number of hydrogen-bond acceptors (Lipinski definition) is 3. The van der Waals surface area contributed by atoms with Gasteiger partial charge in [0.2, 0.25) is 12.3 Å². The Kier molecular flexibility index (Phi) is 5.18. The van der Waals surface area contributed by atoms with E-state index in [1.807, 2.05) is 0 Å². The molecule has 5 nitrogen and oxygen atoms in total. The smallest absolute Gasteiger partial charge is 0.326 e. The van der Waals surface area contributed by atoms with Crippen LogP contribution >= 0.6 is 11.6 Å². The Balaban J connectivity index is 2.03. The van der Waals surface area contributed by atoms with Crippen molar-refractivity contribution in [3.8, 4) is 5.75 Å². The zero-order chi connectivity index (χ0) is 16.3. The average molecular weight is 334 g/mol. The van der Waals surface area contributed by atoms with Crippen molar-refractivity contribution < 1.29 is 28.2 Å². The molecule has 0 bridgehead atoms. The van der Waals surface area contributed by atoms with E-state index in [0.29, 0.717) is 17.2 Å². The van der Waals surface area contributed by atoms with Gasteiger partial charge in [-0.05, 0) is 30.2 Å². The van der Waals surface area contributed by atoms with E-state index in [1.165, 1.54) is 0 Å². The number of carbonyl (C=O) groups excluding carboxylic acids is 1. The molecule has 2 unspecified atom stereocenters. The first-order valence-corrected chi connectivity index (χ1v) is 6.97. The van der Waals surface area contributed by atoms with Gasteiger partial charge in [0.05, 0.1) is 5.92 Å². The van der Waals surface area contributed by atoms with Gasteiger partial charge in [0.1, 0.15) is 18.4 Å². The van der Waals surface area contributed by atoms with E-state index in [-0.39, 0.29) is 6.61 Å². The zero-order valence-electron chi connectivity index (χ0n) is 11.4. The summed E-state index contributed by atoms with van der Waals surface area (Å²) in [7, 11) is 0. The van der Waals surface area contributed by atoms with Gasteiger partial charge in [-0.15, -0.1) is 0 Å². The van der Waals surface area contributed by atoms with E-state index in [0.717, 1.165) is 5.56 Å². The summed E-state index contributed by atoms with van der Waals surface area (Å²) in [5, 5.41) is 11.5. The predicted molar refractivity (Wildman–Crippen MR) is 74.3 cm³/mol. The van der Waals surface area contributed by atoms with Crippen molar-refractivity contribution in [2.24, 2.45) is 5.92 Å². The molecular weight excluding hydrogens is 320 g/mol. The Hall–Kier alpha value is -1.89. The maximum absolute atomic E-state index is 12.3. The van der Waals surface area contributed by atoms with Crippen molar-refractivity contribution in [3.05, 3.63) is 28.8 Å². The first kappa shape index (κ1) is 16.5. The number of carboxylic acid groups (broad SMARTS) is 1. The first-order chi connectivity index (χ1) is 10.4. The molecule has 0 saturated heterocycles. The number of fused-ring (bicyclic) bond motifs is 1. The quantitative estimate of drug-likeness (QED) is 0.865. The number of ether oxygens (including phenoxy) is 1. The van der Waals surface area contributed by atoms with E-state index >= 15 is 0 Å². The van der Waals surface area contributed by atoms with Gasteiger partial charge in [-0.25, -0.2) is 13.6 Å². The van der Waals surface area contributed by atoms with Crippen LogP contribution in [-0.2, 0) is 16.0 Å². The van der Waals surface area contributed by atoms with Crippen LogP contribution in [0.5, 0.6) is 5.75 Å². The van der Waals surface area contributed by atoms with Crippen LogP contribution in [0, 0.1) is 5.92 Å². The fourth-order valence-corrected chi connectivity index (χ4v) is 2.42. The van der Waals surface area contributed by atoms with Crippen molar-refractivity contribution in [1.82, 2.24) is 5.32 Å². The Morgan fingerprint density at radius 3 is 2.82 bits per heavy atom. The Bertz CT molecular complexity index is 582. The Morgan fingerprint density at radius 1 is 1.45 bits per heavy atom. The molecule has 0 radical (unpaired) electrons. The topological polar surface area (TPSA) is 75.6 Å². The van der Waals surface area contributed by atoms with Gasteiger partial charge in [0.25, 0.3) is 0 Å². The Labute approximate surface area is 130 Å². The summed E-state index contributed by atoms with van der Waals surface area (Å²) in [5.41, 5.74) is 0.722. The van der Waals surface area contributed by atoms with Gasteiger partial charge in [-0.1, -0.05) is 11.6 Å². The van der Waals surface area contributed by atoms with Crippen LogP contribution < -0.4 is 10.1 Å². The second-order valence-electron chi connectivity index (χ2n) is 4.99. The number of carboxylic acids is 1. The number of alkyl halides is 2. The highest BCUT2D eigenvalue weighted by Crippen LogP contribution is 2.29. The highest BCUT2D eigenvalue weighted by Gasteiger charge is 2.30. The van der Waals surface area contributed by atoms with Gasteiger partial charge < -0.3 is 15.2 Å². The van der Waals surface area contributed by atoms with Crippen LogP contribution in [0.4, 0.5) is 8.78 Å². The molecule has 0 spiro atoms. The average Bonchev–Trinajstić information content (AvgIpc) is 2.45. The highest BCUT2D eigenvalue weighted by molar-refractivity contribution is 6.30.